The van der Waals surface area contributed by atoms with Crippen molar-refractivity contribution in [2.24, 2.45) is 0 Å². The van der Waals surface area contributed by atoms with Crippen LogP contribution in [-0.4, -0.2) is 14.3 Å². The Labute approximate surface area is 117 Å². The lowest BCUT2D eigenvalue weighted by Gasteiger charge is -1.99. The van der Waals surface area contributed by atoms with E-state index in [0.717, 1.165) is 5.56 Å². The zero-order valence-electron chi connectivity index (χ0n) is 10.4. The molecular weight excluding hydrogens is 276 g/mol. The first-order valence-electron chi connectivity index (χ1n) is 5.94. The minimum Gasteiger partial charge on any atom is -0.508 e. The summed E-state index contributed by atoms with van der Waals surface area (Å²) in [5.41, 5.74) is 8.14. The molecule has 1 heterocycles. The SMILES string of the molecule is Nc1ccc2oc(S(=O)Cc3cccc(O)c3)nc2c1. The second-order valence-electron chi connectivity index (χ2n) is 4.37. The number of oxazole rings is 1. The monoisotopic (exact) mass is 288 g/mol. The number of anilines is 1. The van der Waals surface area contributed by atoms with Gasteiger partial charge in [-0.15, -0.1) is 0 Å². The van der Waals surface area contributed by atoms with E-state index in [9.17, 15) is 9.32 Å². The summed E-state index contributed by atoms with van der Waals surface area (Å²) in [7, 11) is -1.41. The van der Waals surface area contributed by atoms with E-state index >= 15 is 0 Å². The largest absolute Gasteiger partial charge is 0.508 e. The van der Waals surface area contributed by atoms with Crippen LogP contribution in [0.25, 0.3) is 11.1 Å². The molecule has 20 heavy (non-hydrogen) atoms. The van der Waals surface area contributed by atoms with Crippen LogP contribution in [-0.2, 0) is 16.6 Å². The lowest BCUT2D eigenvalue weighted by Crippen LogP contribution is -1.96. The fraction of sp³-hybridized carbons (Fsp3) is 0.0714. The first kappa shape index (κ1) is 12.7. The Hall–Kier alpha value is -2.34. The number of nitrogen functional groups attached to an aromatic ring is 1. The van der Waals surface area contributed by atoms with Crippen molar-refractivity contribution >= 4 is 27.6 Å². The molecular formula is C14H12N2O3S. The molecule has 0 saturated heterocycles. The molecule has 0 spiro atoms. The Morgan fingerprint density at radius 1 is 1.25 bits per heavy atom. The molecule has 0 aliphatic rings. The standard InChI is InChI=1S/C14H12N2O3S/c15-10-4-5-13-12(7-10)16-14(19-13)20(18)8-9-2-1-3-11(17)6-9/h1-7,17H,8,15H2. The third-order valence-corrected chi connectivity index (χ3v) is 3.95. The zero-order valence-corrected chi connectivity index (χ0v) is 11.3. The summed E-state index contributed by atoms with van der Waals surface area (Å²) in [4.78, 5) is 4.18. The number of hydrogen-bond donors (Lipinski definition) is 2. The topological polar surface area (TPSA) is 89.3 Å². The number of benzene rings is 2. The number of hydrogen-bond acceptors (Lipinski definition) is 5. The maximum Gasteiger partial charge on any atom is 0.288 e. The summed E-state index contributed by atoms with van der Waals surface area (Å²) in [6.07, 6.45) is 0. The molecule has 3 N–H and O–H groups in total. The van der Waals surface area contributed by atoms with Gasteiger partial charge in [0.2, 0.25) is 0 Å². The van der Waals surface area contributed by atoms with E-state index in [1.807, 2.05) is 0 Å². The van der Waals surface area contributed by atoms with Crippen molar-refractivity contribution in [3.63, 3.8) is 0 Å². The molecule has 0 fully saturated rings. The van der Waals surface area contributed by atoms with Crippen molar-refractivity contribution in [2.45, 2.75) is 11.0 Å². The number of nitrogens with zero attached hydrogens (tertiary/aromatic N) is 1. The number of fused-ring (bicyclic) bond motifs is 1. The van der Waals surface area contributed by atoms with Gasteiger partial charge >= 0.3 is 0 Å². The smallest absolute Gasteiger partial charge is 0.288 e. The Morgan fingerprint density at radius 3 is 2.90 bits per heavy atom. The van der Waals surface area contributed by atoms with Crippen LogP contribution < -0.4 is 5.73 Å². The highest BCUT2D eigenvalue weighted by Gasteiger charge is 2.13. The lowest BCUT2D eigenvalue weighted by molar-refractivity contribution is 0.473. The van der Waals surface area contributed by atoms with Gasteiger partial charge in [0.25, 0.3) is 5.22 Å². The first-order valence-corrected chi connectivity index (χ1v) is 7.26. The van der Waals surface area contributed by atoms with Crippen LogP contribution in [0, 0.1) is 0 Å². The predicted molar refractivity (Wildman–Crippen MR) is 76.6 cm³/mol. The Kier molecular flexibility index (Phi) is 3.15. The Morgan fingerprint density at radius 2 is 2.10 bits per heavy atom. The molecule has 1 atom stereocenters. The van der Waals surface area contributed by atoms with Crippen molar-refractivity contribution in [1.29, 1.82) is 0 Å². The molecule has 3 rings (SSSR count). The van der Waals surface area contributed by atoms with Gasteiger partial charge in [-0.2, -0.15) is 0 Å². The maximum atomic E-state index is 12.2. The minimum atomic E-state index is -1.41. The Bertz CT molecular complexity index is 798. The number of nitrogens with two attached hydrogens (primary N) is 1. The van der Waals surface area contributed by atoms with Gasteiger partial charge in [-0.3, -0.25) is 0 Å². The third-order valence-electron chi connectivity index (χ3n) is 2.80. The summed E-state index contributed by atoms with van der Waals surface area (Å²) in [6, 6.07) is 11.7. The quantitative estimate of drug-likeness (QED) is 0.722. The molecule has 102 valence electrons. The summed E-state index contributed by atoms with van der Waals surface area (Å²) in [6.45, 7) is 0. The van der Waals surface area contributed by atoms with E-state index < -0.39 is 10.8 Å². The molecule has 0 saturated carbocycles. The van der Waals surface area contributed by atoms with Crippen molar-refractivity contribution in [3.05, 3.63) is 48.0 Å². The van der Waals surface area contributed by atoms with Crippen LogP contribution in [0.1, 0.15) is 5.56 Å². The van der Waals surface area contributed by atoms with E-state index in [-0.39, 0.29) is 16.7 Å². The highest BCUT2D eigenvalue weighted by molar-refractivity contribution is 7.84. The molecule has 0 radical (unpaired) electrons. The van der Waals surface area contributed by atoms with Crippen molar-refractivity contribution in [3.8, 4) is 5.75 Å². The predicted octanol–water partition coefficient (Wildman–Crippen LogP) is 2.42. The second-order valence-corrected chi connectivity index (χ2v) is 5.70. The van der Waals surface area contributed by atoms with Crippen LogP contribution >= 0.6 is 0 Å². The molecule has 0 amide bonds. The summed E-state index contributed by atoms with van der Waals surface area (Å²) in [5, 5.41) is 9.55. The van der Waals surface area contributed by atoms with Crippen LogP contribution in [0.3, 0.4) is 0 Å². The van der Waals surface area contributed by atoms with E-state index in [1.54, 1.807) is 42.5 Å². The molecule has 0 aliphatic heterocycles. The Balaban J connectivity index is 1.88. The fourth-order valence-electron chi connectivity index (χ4n) is 1.88. The van der Waals surface area contributed by atoms with Gasteiger partial charge in [0.15, 0.2) is 5.58 Å². The summed E-state index contributed by atoms with van der Waals surface area (Å²) >= 11 is 0. The van der Waals surface area contributed by atoms with Gasteiger partial charge in [-0.1, -0.05) is 12.1 Å². The maximum absolute atomic E-state index is 12.2. The summed E-state index contributed by atoms with van der Waals surface area (Å²) in [5.74, 6) is 0.376. The van der Waals surface area contributed by atoms with Crippen LogP contribution in [0.5, 0.6) is 5.75 Å². The lowest BCUT2D eigenvalue weighted by atomic mass is 10.2. The van der Waals surface area contributed by atoms with Gasteiger partial charge in [-0.25, -0.2) is 9.19 Å². The fourth-order valence-corrected chi connectivity index (χ4v) is 2.87. The van der Waals surface area contributed by atoms with Gasteiger partial charge in [0.05, 0.1) is 5.75 Å². The average Bonchev–Trinajstić information content (AvgIpc) is 2.81. The van der Waals surface area contributed by atoms with E-state index in [2.05, 4.69) is 4.98 Å². The van der Waals surface area contributed by atoms with Crippen molar-refractivity contribution < 1.29 is 13.7 Å². The first-order chi connectivity index (χ1) is 9.61. The normalized spacial score (nSPS) is 12.6. The molecule has 3 aromatic rings. The molecule has 5 nitrogen and oxygen atoms in total. The van der Waals surface area contributed by atoms with Gasteiger partial charge < -0.3 is 15.3 Å². The summed E-state index contributed by atoms with van der Waals surface area (Å²) < 4.78 is 17.7. The molecule has 1 aromatic heterocycles. The van der Waals surface area contributed by atoms with E-state index in [1.165, 1.54) is 0 Å². The van der Waals surface area contributed by atoms with Gasteiger partial charge in [0.1, 0.15) is 22.1 Å². The van der Waals surface area contributed by atoms with Gasteiger partial charge in [-0.05, 0) is 35.9 Å². The van der Waals surface area contributed by atoms with Crippen LogP contribution in [0.2, 0.25) is 0 Å². The molecule has 1 unspecified atom stereocenters. The third kappa shape index (κ3) is 2.50. The molecule has 0 bridgehead atoms. The van der Waals surface area contributed by atoms with Crippen molar-refractivity contribution in [1.82, 2.24) is 4.98 Å². The zero-order chi connectivity index (χ0) is 14.1. The highest BCUT2D eigenvalue weighted by Crippen LogP contribution is 2.22. The van der Waals surface area contributed by atoms with Crippen molar-refractivity contribution in [2.75, 3.05) is 5.73 Å². The van der Waals surface area contributed by atoms with E-state index in [4.69, 9.17) is 10.2 Å². The number of phenols is 1. The molecule has 6 heteroatoms. The van der Waals surface area contributed by atoms with E-state index in [0.29, 0.717) is 16.8 Å². The van der Waals surface area contributed by atoms with Gasteiger partial charge in [0, 0.05) is 5.69 Å². The molecule has 2 aromatic carbocycles. The number of aromatic hydroxyl groups is 1. The average molecular weight is 288 g/mol. The highest BCUT2D eigenvalue weighted by atomic mass is 32.2. The number of phenolic OH excluding ortho intramolecular Hbond substituents is 1. The number of aromatic nitrogens is 1. The van der Waals surface area contributed by atoms with Crippen LogP contribution in [0.4, 0.5) is 5.69 Å². The number of rotatable bonds is 3. The second kappa shape index (κ2) is 4.97. The van der Waals surface area contributed by atoms with Crippen LogP contribution in [0.15, 0.2) is 52.1 Å². The minimum absolute atomic E-state index is 0.143. The molecule has 0 aliphatic carbocycles.